The Bertz CT molecular complexity index is 928. The highest BCUT2D eigenvalue weighted by atomic mass is 19.1. The lowest BCUT2D eigenvalue weighted by Gasteiger charge is -2.50. The number of halogens is 1. The van der Waals surface area contributed by atoms with E-state index in [0.29, 0.717) is 41.5 Å². The second-order valence-electron chi connectivity index (χ2n) is 10.8. The van der Waals surface area contributed by atoms with Crippen LogP contribution >= 0.6 is 0 Å². The quantitative estimate of drug-likeness (QED) is 0.681. The minimum atomic E-state index is -0.0800. The Balaban J connectivity index is 1.16. The van der Waals surface area contributed by atoms with E-state index in [1.54, 1.807) is 0 Å². The Morgan fingerprint density at radius 3 is 2.69 bits per heavy atom. The summed E-state index contributed by atoms with van der Waals surface area (Å²) in [5.41, 5.74) is 7.45. The molecule has 1 heterocycles. The van der Waals surface area contributed by atoms with E-state index in [1.807, 2.05) is 12.1 Å². The molecule has 0 spiro atoms. The van der Waals surface area contributed by atoms with Crippen LogP contribution in [0.15, 0.2) is 36.2 Å². The van der Waals surface area contributed by atoms with Crippen molar-refractivity contribution in [3.63, 3.8) is 0 Å². The van der Waals surface area contributed by atoms with Crippen LogP contribution in [0.2, 0.25) is 0 Å². The van der Waals surface area contributed by atoms with E-state index in [1.165, 1.54) is 18.4 Å². The van der Waals surface area contributed by atoms with Crippen LogP contribution < -0.4 is 15.8 Å². The monoisotopic (exact) mass is 440 g/mol. The molecule has 5 nitrogen and oxygen atoms in total. The summed E-state index contributed by atoms with van der Waals surface area (Å²) in [4.78, 5) is 13.5. The van der Waals surface area contributed by atoms with Gasteiger partial charge in [-0.15, -0.1) is 0 Å². The Morgan fingerprint density at radius 2 is 2.00 bits per heavy atom. The molecule has 5 aliphatic carbocycles. The normalized spacial score (nSPS) is 39.8. The zero-order valence-electron chi connectivity index (χ0n) is 18.5. The average Bonchev–Trinajstić information content (AvgIpc) is 3.44. The van der Waals surface area contributed by atoms with E-state index < -0.39 is 0 Å². The predicted molar refractivity (Wildman–Crippen MR) is 119 cm³/mol. The van der Waals surface area contributed by atoms with Crippen molar-refractivity contribution in [2.45, 2.75) is 50.0 Å². The zero-order valence-corrected chi connectivity index (χ0v) is 18.5. The standard InChI is InChI=1S/C26H33FN2O3/c27-13-16(14-28)15-32-21-3-1-18(2-4-21)25-10-17-9-19(11-25)26(22(12-25)23(17)26)24(30)29-20-5-7-31-8-6-20/h1-4,13,17,19-20,22-23H,5-12,14-15,28H2,(H,29,30)/b16-13+/t17?,19?,22?,23?,25-,26-/m0/s1. The summed E-state index contributed by atoms with van der Waals surface area (Å²) in [5.74, 6) is 3.44. The van der Waals surface area contributed by atoms with Crippen LogP contribution in [-0.2, 0) is 14.9 Å². The summed E-state index contributed by atoms with van der Waals surface area (Å²) in [6, 6.07) is 8.67. The first kappa shape index (κ1) is 20.7. The smallest absolute Gasteiger partial charge is 0.227 e. The van der Waals surface area contributed by atoms with E-state index in [-0.39, 0.29) is 30.0 Å². The third-order valence-corrected chi connectivity index (χ3v) is 9.42. The fourth-order valence-corrected chi connectivity index (χ4v) is 8.14. The first-order chi connectivity index (χ1) is 15.6. The Labute approximate surface area is 188 Å². The first-order valence-electron chi connectivity index (χ1n) is 12.2. The number of carbonyl (C=O) groups is 1. The van der Waals surface area contributed by atoms with Crippen LogP contribution in [0.3, 0.4) is 0 Å². The lowest BCUT2D eigenvalue weighted by atomic mass is 9.54. The van der Waals surface area contributed by atoms with Crippen molar-refractivity contribution in [2.24, 2.45) is 34.8 Å². The van der Waals surface area contributed by atoms with Gasteiger partial charge in [-0.3, -0.25) is 4.79 Å². The number of nitrogens with one attached hydrogen (secondary N) is 1. The molecule has 172 valence electrons. The Kier molecular flexibility index (Phi) is 4.88. The molecule has 1 aromatic carbocycles. The molecule has 4 bridgehead atoms. The molecule has 32 heavy (non-hydrogen) atoms. The molecule has 1 saturated heterocycles. The summed E-state index contributed by atoms with van der Waals surface area (Å²) >= 11 is 0. The van der Waals surface area contributed by atoms with Gasteiger partial charge < -0.3 is 20.5 Å². The maximum absolute atomic E-state index is 13.5. The van der Waals surface area contributed by atoms with Crippen LogP contribution in [-0.4, -0.2) is 38.3 Å². The molecule has 6 fully saturated rings. The number of ether oxygens (including phenoxy) is 2. The largest absolute Gasteiger partial charge is 0.489 e. The van der Waals surface area contributed by atoms with Gasteiger partial charge >= 0.3 is 0 Å². The van der Waals surface area contributed by atoms with Crippen molar-refractivity contribution in [1.29, 1.82) is 0 Å². The third-order valence-electron chi connectivity index (χ3n) is 9.42. The molecule has 1 aromatic rings. The van der Waals surface area contributed by atoms with Crippen LogP contribution in [0.4, 0.5) is 4.39 Å². The molecule has 6 atom stereocenters. The number of hydrogen-bond donors (Lipinski definition) is 2. The van der Waals surface area contributed by atoms with Gasteiger partial charge in [-0.05, 0) is 85.3 Å². The number of rotatable bonds is 7. The fraction of sp³-hybridized carbons (Fsp3) is 0.654. The average molecular weight is 441 g/mol. The minimum Gasteiger partial charge on any atom is -0.489 e. The summed E-state index contributed by atoms with van der Waals surface area (Å²) < 4.78 is 23.9. The molecule has 0 radical (unpaired) electrons. The highest BCUT2D eigenvalue weighted by molar-refractivity contribution is 5.89. The summed E-state index contributed by atoms with van der Waals surface area (Å²) in [6.45, 7) is 1.86. The van der Waals surface area contributed by atoms with Crippen molar-refractivity contribution in [3.05, 3.63) is 41.7 Å². The predicted octanol–water partition coefficient (Wildman–Crippen LogP) is 3.48. The van der Waals surface area contributed by atoms with E-state index in [2.05, 4.69) is 17.4 Å². The SMILES string of the molecule is NC/C(=C\F)COc1ccc([C@@]23CC4CC(C2)[C@]2(C(=O)NC5CCOCC5)C(C3)C42)cc1. The van der Waals surface area contributed by atoms with Crippen molar-refractivity contribution >= 4 is 5.91 Å². The van der Waals surface area contributed by atoms with Crippen molar-refractivity contribution in [1.82, 2.24) is 5.32 Å². The summed E-state index contributed by atoms with van der Waals surface area (Å²) in [5, 5.41) is 3.43. The summed E-state index contributed by atoms with van der Waals surface area (Å²) in [7, 11) is 0. The Hall–Kier alpha value is -1.92. The zero-order chi connectivity index (χ0) is 21.9. The number of nitrogens with two attached hydrogens (primary N) is 1. The van der Waals surface area contributed by atoms with Gasteiger partial charge in [0, 0.05) is 31.4 Å². The lowest BCUT2D eigenvalue weighted by molar-refractivity contribution is -0.131. The van der Waals surface area contributed by atoms with Gasteiger partial charge in [0.05, 0.1) is 11.7 Å². The molecule has 0 aromatic heterocycles. The van der Waals surface area contributed by atoms with Gasteiger partial charge in [0.1, 0.15) is 12.4 Å². The molecule has 7 rings (SSSR count). The topological polar surface area (TPSA) is 73.6 Å². The van der Waals surface area contributed by atoms with Gasteiger partial charge in [-0.25, -0.2) is 4.39 Å². The van der Waals surface area contributed by atoms with Gasteiger partial charge in [0.25, 0.3) is 0 Å². The Morgan fingerprint density at radius 1 is 1.22 bits per heavy atom. The molecule has 5 saturated carbocycles. The van der Waals surface area contributed by atoms with Gasteiger partial charge in [0.15, 0.2) is 0 Å². The molecule has 6 heteroatoms. The molecule has 1 aliphatic heterocycles. The van der Waals surface area contributed by atoms with Crippen LogP contribution in [0.5, 0.6) is 5.75 Å². The maximum atomic E-state index is 13.5. The highest BCUT2D eigenvalue weighted by Crippen LogP contribution is 2.84. The van der Waals surface area contributed by atoms with E-state index in [0.717, 1.165) is 44.6 Å². The molecule has 6 aliphatic rings. The van der Waals surface area contributed by atoms with E-state index in [9.17, 15) is 9.18 Å². The van der Waals surface area contributed by atoms with Gasteiger partial charge in [-0.2, -0.15) is 0 Å². The lowest BCUT2D eigenvalue weighted by Crippen LogP contribution is -2.49. The van der Waals surface area contributed by atoms with Crippen molar-refractivity contribution < 1.29 is 18.7 Å². The first-order valence-corrected chi connectivity index (χ1v) is 12.2. The van der Waals surface area contributed by atoms with Crippen LogP contribution in [0, 0.1) is 29.1 Å². The number of benzene rings is 1. The molecule has 3 N–H and O–H groups in total. The molecular weight excluding hydrogens is 407 g/mol. The van der Waals surface area contributed by atoms with E-state index >= 15 is 0 Å². The van der Waals surface area contributed by atoms with Gasteiger partial charge in [0.2, 0.25) is 5.91 Å². The minimum absolute atomic E-state index is 0.0800. The molecular formula is C26H33FN2O3. The van der Waals surface area contributed by atoms with Gasteiger partial charge in [-0.1, -0.05) is 12.1 Å². The van der Waals surface area contributed by atoms with Crippen LogP contribution in [0.1, 0.15) is 44.1 Å². The third kappa shape index (κ3) is 2.91. The number of hydrogen-bond acceptors (Lipinski definition) is 4. The van der Waals surface area contributed by atoms with Crippen molar-refractivity contribution in [3.8, 4) is 5.75 Å². The van der Waals surface area contributed by atoms with E-state index in [4.69, 9.17) is 15.2 Å². The maximum Gasteiger partial charge on any atom is 0.227 e. The number of carbonyl (C=O) groups excluding carboxylic acids is 1. The summed E-state index contributed by atoms with van der Waals surface area (Å²) in [6.07, 6.45) is 7.10. The molecule has 1 amide bonds. The second-order valence-corrected chi connectivity index (χ2v) is 10.8. The highest BCUT2D eigenvalue weighted by Gasteiger charge is 2.84. The van der Waals surface area contributed by atoms with Crippen molar-refractivity contribution in [2.75, 3.05) is 26.4 Å². The number of amides is 1. The second kappa shape index (κ2) is 7.56. The van der Waals surface area contributed by atoms with Crippen LogP contribution in [0.25, 0.3) is 0 Å². The fourth-order valence-electron chi connectivity index (χ4n) is 8.14. The molecule has 4 unspecified atom stereocenters.